The predicted molar refractivity (Wildman–Crippen MR) is 48.5 cm³/mol. The Balaban J connectivity index is 0.000000845. The molecule has 72 valence electrons. The van der Waals surface area contributed by atoms with Crippen LogP contribution in [0, 0.1) is 0 Å². The van der Waals surface area contributed by atoms with Crippen molar-refractivity contribution in [1.29, 1.82) is 0 Å². The summed E-state index contributed by atoms with van der Waals surface area (Å²) in [5, 5.41) is 2.35. The smallest absolute Gasteiger partial charge is 0.132 e. The maximum absolute atomic E-state index is 2.47. The average Bonchev–Trinajstić information content (AvgIpc) is 2.59. The Kier molecular flexibility index (Phi) is 4.22. The molecule has 1 saturated heterocycles. The Morgan fingerprint density at radius 1 is 1.23 bits per heavy atom. The summed E-state index contributed by atoms with van der Waals surface area (Å²) < 4.78 is 0. The second kappa shape index (κ2) is 5.22. The first-order valence-electron chi connectivity index (χ1n) is 4.53. The molecule has 1 aliphatic rings. The second-order valence-electron chi connectivity index (χ2n) is 3.30. The van der Waals surface area contributed by atoms with Crippen LogP contribution in [-0.4, -0.2) is 24.7 Å². The van der Waals surface area contributed by atoms with Crippen molar-refractivity contribution < 1.29 is 17.7 Å². The average molecular weight is 199 g/mol. The second-order valence-corrected chi connectivity index (χ2v) is 3.30. The lowest BCUT2D eigenvalue weighted by atomic mass is 10.2. The lowest BCUT2D eigenvalue weighted by molar-refractivity contribution is -0.643. The number of quaternary nitrogens is 1. The van der Waals surface area contributed by atoms with E-state index in [9.17, 15) is 0 Å². The molecule has 3 heteroatoms. The van der Waals surface area contributed by atoms with Gasteiger partial charge >= 0.3 is 0 Å². The Bertz CT molecular complexity index is 232. The predicted octanol–water partition coefficient (Wildman–Crippen LogP) is -2.97. The fourth-order valence-corrected chi connectivity index (χ4v) is 1.62. The van der Waals surface area contributed by atoms with Gasteiger partial charge in [0.2, 0.25) is 0 Å². The van der Waals surface area contributed by atoms with Crippen molar-refractivity contribution in [3.05, 3.63) is 35.9 Å². The Labute approximate surface area is 85.3 Å². The van der Waals surface area contributed by atoms with Gasteiger partial charge in [-0.25, -0.2) is 4.90 Å². The lowest BCUT2D eigenvalue weighted by Gasteiger charge is -2.10. The third-order valence-electron chi connectivity index (χ3n) is 2.29. The van der Waals surface area contributed by atoms with Crippen LogP contribution in [0.5, 0.6) is 0 Å². The molecule has 0 atom stereocenters. The summed E-state index contributed by atoms with van der Waals surface area (Å²) in [5.74, 6) is 0. The highest BCUT2D eigenvalue weighted by Crippen LogP contribution is 2.02. The van der Waals surface area contributed by atoms with Gasteiger partial charge in [0.15, 0.2) is 0 Å². The quantitative estimate of drug-likeness (QED) is 0.538. The minimum Gasteiger partial charge on any atom is -1.00 e. The summed E-state index contributed by atoms with van der Waals surface area (Å²) in [7, 11) is 0. The molecular formula is C10H15ClN2. The number of nitrogens with zero attached hydrogens (tertiary/aromatic N) is 1. The van der Waals surface area contributed by atoms with Crippen molar-refractivity contribution in [3.8, 4) is 0 Å². The third kappa shape index (κ3) is 2.99. The summed E-state index contributed by atoms with van der Waals surface area (Å²) in [4.78, 5) is 2.47. The van der Waals surface area contributed by atoms with Gasteiger partial charge in [0.05, 0.1) is 13.1 Å². The van der Waals surface area contributed by atoms with Crippen LogP contribution in [-0.2, 0) is 6.54 Å². The van der Waals surface area contributed by atoms with Crippen LogP contribution in [0.1, 0.15) is 5.56 Å². The van der Waals surface area contributed by atoms with Crippen LogP contribution in [0.3, 0.4) is 0 Å². The van der Waals surface area contributed by atoms with E-state index in [4.69, 9.17) is 0 Å². The number of benzene rings is 1. The van der Waals surface area contributed by atoms with Gasteiger partial charge in [-0.15, -0.1) is 0 Å². The maximum atomic E-state index is 2.47. The molecule has 1 heterocycles. The van der Waals surface area contributed by atoms with Gasteiger partial charge in [0.1, 0.15) is 6.67 Å². The fourth-order valence-electron chi connectivity index (χ4n) is 1.62. The molecule has 2 nitrogen and oxygen atoms in total. The van der Waals surface area contributed by atoms with E-state index in [1.807, 2.05) is 0 Å². The molecule has 0 aliphatic carbocycles. The number of hydrogen-bond acceptors (Lipinski definition) is 1. The largest absolute Gasteiger partial charge is 1.00 e. The minimum absolute atomic E-state index is 0. The van der Waals surface area contributed by atoms with Gasteiger partial charge < -0.3 is 17.7 Å². The maximum Gasteiger partial charge on any atom is 0.132 e. The van der Waals surface area contributed by atoms with Gasteiger partial charge in [-0.2, -0.15) is 0 Å². The van der Waals surface area contributed by atoms with Gasteiger partial charge in [-0.3, -0.25) is 0 Å². The summed E-state index contributed by atoms with van der Waals surface area (Å²) in [6.07, 6.45) is 0. The van der Waals surface area contributed by atoms with E-state index in [0.717, 1.165) is 13.2 Å². The molecule has 1 aliphatic heterocycles. The molecule has 2 rings (SSSR count). The molecule has 0 aromatic heterocycles. The van der Waals surface area contributed by atoms with E-state index in [1.54, 1.807) is 0 Å². The van der Waals surface area contributed by atoms with Crippen LogP contribution >= 0.6 is 0 Å². The Morgan fingerprint density at radius 2 is 2.00 bits per heavy atom. The SMILES string of the molecule is [Cl-].c1ccc(CN2CC[NH2+]C2)cc1. The molecule has 0 saturated carbocycles. The molecule has 1 fully saturated rings. The highest BCUT2D eigenvalue weighted by molar-refractivity contribution is 5.14. The van der Waals surface area contributed by atoms with Crippen molar-refractivity contribution in [3.63, 3.8) is 0 Å². The van der Waals surface area contributed by atoms with Gasteiger partial charge in [-0.1, -0.05) is 30.3 Å². The van der Waals surface area contributed by atoms with E-state index in [1.165, 1.54) is 18.7 Å². The summed E-state index contributed by atoms with van der Waals surface area (Å²) in [5.41, 5.74) is 1.42. The molecule has 1 aromatic rings. The Hall–Kier alpha value is -0.570. The number of halogens is 1. The molecular weight excluding hydrogens is 184 g/mol. The van der Waals surface area contributed by atoms with E-state index < -0.39 is 0 Å². The van der Waals surface area contributed by atoms with Crippen LogP contribution in [0.4, 0.5) is 0 Å². The van der Waals surface area contributed by atoms with Crippen molar-refractivity contribution in [2.75, 3.05) is 19.8 Å². The van der Waals surface area contributed by atoms with Crippen LogP contribution in [0.15, 0.2) is 30.3 Å². The van der Waals surface area contributed by atoms with Gasteiger partial charge in [-0.05, 0) is 5.56 Å². The molecule has 2 N–H and O–H groups in total. The molecule has 1 aromatic carbocycles. The first-order chi connectivity index (χ1) is 5.95. The Morgan fingerprint density at radius 3 is 2.62 bits per heavy atom. The number of rotatable bonds is 2. The normalized spacial score (nSPS) is 16.9. The van der Waals surface area contributed by atoms with Crippen molar-refractivity contribution in [2.45, 2.75) is 6.54 Å². The van der Waals surface area contributed by atoms with Crippen LogP contribution in [0.25, 0.3) is 0 Å². The molecule has 0 spiro atoms. The summed E-state index contributed by atoms with van der Waals surface area (Å²) in [6.45, 7) is 4.76. The topological polar surface area (TPSA) is 19.9 Å². The third-order valence-corrected chi connectivity index (χ3v) is 2.29. The van der Waals surface area contributed by atoms with Crippen LogP contribution < -0.4 is 17.7 Å². The number of hydrogen-bond donors (Lipinski definition) is 1. The van der Waals surface area contributed by atoms with Crippen molar-refractivity contribution in [2.24, 2.45) is 0 Å². The molecule has 0 unspecified atom stereocenters. The highest BCUT2D eigenvalue weighted by atomic mass is 35.5. The zero-order valence-electron chi connectivity index (χ0n) is 7.62. The monoisotopic (exact) mass is 198 g/mol. The van der Waals surface area contributed by atoms with E-state index in [-0.39, 0.29) is 12.4 Å². The summed E-state index contributed by atoms with van der Waals surface area (Å²) >= 11 is 0. The molecule has 0 amide bonds. The van der Waals surface area contributed by atoms with E-state index in [0.29, 0.717) is 0 Å². The molecule has 0 radical (unpaired) electrons. The zero-order valence-corrected chi connectivity index (χ0v) is 8.37. The molecule has 13 heavy (non-hydrogen) atoms. The lowest BCUT2D eigenvalue weighted by Crippen LogP contribution is -3.00. The zero-order chi connectivity index (χ0) is 8.23. The summed E-state index contributed by atoms with van der Waals surface area (Å²) in [6, 6.07) is 10.7. The van der Waals surface area contributed by atoms with Gasteiger partial charge in [0.25, 0.3) is 0 Å². The fraction of sp³-hybridized carbons (Fsp3) is 0.400. The minimum atomic E-state index is 0. The van der Waals surface area contributed by atoms with Crippen molar-refractivity contribution >= 4 is 0 Å². The van der Waals surface area contributed by atoms with Crippen molar-refractivity contribution in [1.82, 2.24) is 4.90 Å². The van der Waals surface area contributed by atoms with Gasteiger partial charge in [0, 0.05) is 6.54 Å². The van der Waals surface area contributed by atoms with E-state index >= 15 is 0 Å². The first kappa shape index (κ1) is 10.5. The first-order valence-corrected chi connectivity index (χ1v) is 4.53. The molecule has 0 bridgehead atoms. The van der Waals surface area contributed by atoms with E-state index in [2.05, 4.69) is 40.5 Å². The highest BCUT2D eigenvalue weighted by Gasteiger charge is 2.13. The number of nitrogens with two attached hydrogens (primary N) is 1. The van der Waals surface area contributed by atoms with Crippen LogP contribution in [0.2, 0.25) is 0 Å². The standard InChI is InChI=1S/C10H14N2.ClH/c1-2-4-10(5-3-1)8-12-7-6-11-9-12;/h1-5,11H,6-9H2;1H.